The molecule has 0 bridgehead atoms. The van der Waals surface area contributed by atoms with Crippen molar-refractivity contribution in [3.05, 3.63) is 0 Å². The summed E-state index contributed by atoms with van der Waals surface area (Å²) in [5.74, 6) is -1.75. The molecule has 0 aromatic carbocycles. The maximum Gasteiger partial charge on any atom is 1.00 e. The second-order valence-corrected chi connectivity index (χ2v) is 4.12. The molecular formula is C6H10NNaO4S. The summed E-state index contributed by atoms with van der Waals surface area (Å²) in [4.78, 5) is 19.9. The predicted molar refractivity (Wildman–Crippen MR) is 44.2 cm³/mol. The van der Waals surface area contributed by atoms with Gasteiger partial charge in [-0.3, -0.25) is 10.1 Å². The van der Waals surface area contributed by atoms with Crippen molar-refractivity contribution in [2.75, 3.05) is 5.75 Å². The Balaban J connectivity index is 0. The van der Waals surface area contributed by atoms with E-state index in [0.717, 1.165) is 11.8 Å². The summed E-state index contributed by atoms with van der Waals surface area (Å²) in [6.07, 6.45) is 0. The zero-order valence-corrected chi connectivity index (χ0v) is 10.2. The van der Waals surface area contributed by atoms with Gasteiger partial charge in [0.25, 0.3) is 0 Å². The Morgan fingerprint density at radius 2 is 2.15 bits per heavy atom. The van der Waals surface area contributed by atoms with Crippen LogP contribution in [0.3, 0.4) is 0 Å². The fourth-order valence-corrected chi connectivity index (χ4v) is 2.00. The number of carbonyl (C=O) groups is 2. The van der Waals surface area contributed by atoms with E-state index in [-0.39, 0.29) is 36.7 Å². The zero-order chi connectivity index (χ0) is 9.35. The summed E-state index contributed by atoms with van der Waals surface area (Å²) >= 11 is 1.10. The van der Waals surface area contributed by atoms with Gasteiger partial charge in [0.2, 0.25) is 0 Å². The van der Waals surface area contributed by atoms with E-state index < -0.39 is 22.9 Å². The summed E-state index contributed by atoms with van der Waals surface area (Å²) in [5.41, 5.74) is 0. The van der Waals surface area contributed by atoms with Crippen LogP contribution in [0.5, 0.6) is 0 Å². The van der Waals surface area contributed by atoms with Crippen LogP contribution in [0.1, 0.15) is 8.35 Å². The molecule has 0 radical (unpaired) electrons. The van der Waals surface area contributed by atoms with Gasteiger partial charge in [0, 0.05) is 5.75 Å². The average molecular weight is 215 g/mol. The van der Waals surface area contributed by atoms with E-state index >= 15 is 0 Å². The van der Waals surface area contributed by atoms with Gasteiger partial charge in [-0.1, -0.05) is 0 Å². The first-order valence-electron chi connectivity index (χ1n) is 3.33. The second kappa shape index (κ2) is 4.65. The van der Waals surface area contributed by atoms with Crippen LogP contribution in [0, 0.1) is 0 Å². The molecule has 0 aromatic heterocycles. The molecule has 1 heterocycles. The molecule has 0 saturated carbocycles. The minimum atomic E-state index is -1.15. The molecule has 70 valence electrons. The van der Waals surface area contributed by atoms with E-state index in [9.17, 15) is 9.59 Å². The molecule has 0 spiro atoms. The van der Waals surface area contributed by atoms with Crippen molar-refractivity contribution >= 4 is 23.7 Å². The first-order chi connectivity index (χ1) is 5.46. The van der Waals surface area contributed by atoms with Gasteiger partial charge in [0.15, 0.2) is 4.87 Å². The summed E-state index contributed by atoms with van der Waals surface area (Å²) < 4.78 is 0. The Labute approximate surface area is 103 Å². The van der Waals surface area contributed by atoms with E-state index in [2.05, 4.69) is 5.32 Å². The number of hydrogen-bond donors (Lipinski definition) is 3. The van der Waals surface area contributed by atoms with E-state index in [1.54, 1.807) is 0 Å². The standard InChI is InChI=1S/C6H9NO4S.Na.H/c1-6(5(10)11)7-3(2-12-6)4(8)9;;/h3,7H,2H2,1H3,(H,8,9)(H,10,11);;/q;+1;-1. The monoisotopic (exact) mass is 215 g/mol. The van der Waals surface area contributed by atoms with Crippen LogP contribution < -0.4 is 34.9 Å². The van der Waals surface area contributed by atoms with Gasteiger partial charge in [0.1, 0.15) is 6.04 Å². The third kappa shape index (κ3) is 2.85. The Bertz CT molecular complexity index is 242. The molecule has 3 N–H and O–H groups in total. The Kier molecular flexibility index (Phi) is 4.74. The molecule has 0 amide bonds. The van der Waals surface area contributed by atoms with E-state index in [0.29, 0.717) is 0 Å². The van der Waals surface area contributed by atoms with Crippen molar-refractivity contribution in [3.63, 3.8) is 0 Å². The fraction of sp³-hybridized carbons (Fsp3) is 0.667. The minimum absolute atomic E-state index is 0. The van der Waals surface area contributed by atoms with Crippen LogP contribution in [0.2, 0.25) is 0 Å². The second-order valence-electron chi connectivity index (χ2n) is 2.68. The third-order valence-corrected chi connectivity index (χ3v) is 3.06. The van der Waals surface area contributed by atoms with Crippen molar-refractivity contribution in [1.29, 1.82) is 0 Å². The topological polar surface area (TPSA) is 86.6 Å². The summed E-state index contributed by atoms with van der Waals surface area (Å²) in [5, 5.41) is 19.8. The van der Waals surface area contributed by atoms with E-state index in [4.69, 9.17) is 10.2 Å². The van der Waals surface area contributed by atoms with Gasteiger partial charge in [-0.05, 0) is 6.92 Å². The summed E-state index contributed by atoms with van der Waals surface area (Å²) in [6, 6.07) is -0.754. The molecule has 2 atom stereocenters. The molecule has 2 unspecified atom stereocenters. The van der Waals surface area contributed by atoms with Crippen molar-refractivity contribution in [2.45, 2.75) is 17.8 Å². The minimum Gasteiger partial charge on any atom is -1.00 e. The summed E-state index contributed by atoms with van der Waals surface area (Å²) in [7, 11) is 0. The molecule has 1 fully saturated rings. The zero-order valence-electron chi connectivity index (χ0n) is 8.40. The number of carboxylic acid groups (broad SMARTS) is 2. The number of carboxylic acids is 2. The molecule has 0 aromatic rings. The molecular weight excluding hydrogens is 205 g/mol. The number of thioether (sulfide) groups is 1. The average Bonchev–Trinajstić information content (AvgIpc) is 2.33. The summed E-state index contributed by atoms with van der Waals surface area (Å²) in [6.45, 7) is 1.46. The molecule has 0 aliphatic carbocycles. The molecule has 1 saturated heterocycles. The molecule has 1 aliphatic heterocycles. The predicted octanol–water partition coefficient (Wildman–Crippen LogP) is -3.31. The van der Waals surface area contributed by atoms with E-state index in [1.807, 2.05) is 0 Å². The van der Waals surface area contributed by atoms with Crippen LogP contribution in [0.25, 0.3) is 0 Å². The van der Waals surface area contributed by atoms with Crippen molar-refractivity contribution in [3.8, 4) is 0 Å². The number of nitrogens with one attached hydrogen (secondary N) is 1. The normalized spacial score (nSPS) is 32.2. The van der Waals surface area contributed by atoms with Crippen molar-refractivity contribution < 1.29 is 50.8 Å². The SMILES string of the molecule is CC1(C(=O)O)NC(C(=O)O)CS1.[H-].[Na+]. The number of hydrogen-bond acceptors (Lipinski definition) is 4. The van der Waals surface area contributed by atoms with Gasteiger partial charge in [-0.25, -0.2) is 4.79 Å². The Morgan fingerprint density at radius 3 is 2.38 bits per heavy atom. The fourth-order valence-electron chi connectivity index (χ4n) is 0.922. The largest absolute Gasteiger partial charge is 1.00 e. The maximum absolute atomic E-state index is 10.6. The van der Waals surface area contributed by atoms with Crippen molar-refractivity contribution in [2.24, 2.45) is 0 Å². The number of aliphatic carboxylic acids is 2. The van der Waals surface area contributed by atoms with Crippen molar-refractivity contribution in [1.82, 2.24) is 5.32 Å². The molecule has 13 heavy (non-hydrogen) atoms. The third-order valence-electron chi connectivity index (χ3n) is 1.69. The Morgan fingerprint density at radius 1 is 1.62 bits per heavy atom. The van der Waals surface area contributed by atoms with Crippen LogP contribution in [0.15, 0.2) is 0 Å². The molecule has 1 aliphatic rings. The van der Waals surface area contributed by atoms with Crippen LogP contribution in [-0.2, 0) is 9.59 Å². The van der Waals surface area contributed by atoms with Gasteiger partial charge in [-0.15, -0.1) is 11.8 Å². The first-order valence-corrected chi connectivity index (χ1v) is 4.32. The van der Waals surface area contributed by atoms with Gasteiger partial charge >= 0.3 is 41.5 Å². The maximum atomic E-state index is 10.6. The first kappa shape index (κ1) is 13.2. The van der Waals surface area contributed by atoms with Crippen LogP contribution in [0.4, 0.5) is 0 Å². The molecule has 1 rings (SSSR count). The molecule has 5 nitrogen and oxygen atoms in total. The van der Waals surface area contributed by atoms with Gasteiger partial charge in [-0.2, -0.15) is 0 Å². The van der Waals surface area contributed by atoms with Gasteiger partial charge < -0.3 is 11.6 Å². The van der Waals surface area contributed by atoms with Gasteiger partial charge in [0.05, 0.1) is 0 Å². The molecule has 7 heteroatoms. The van der Waals surface area contributed by atoms with Crippen LogP contribution >= 0.6 is 11.8 Å². The smallest absolute Gasteiger partial charge is 1.00 e. The quantitative estimate of drug-likeness (QED) is 0.418. The number of rotatable bonds is 2. The Hall–Kier alpha value is 0.250. The van der Waals surface area contributed by atoms with Crippen LogP contribution in [-0.4, -0.2) is 38.8 Å². The van der Waals surface area contributed by atoms with E-state index in [1.165, 1.54) is 6.92 Å².